The predicted octanol–water partition coefficient (Wildman–Crippen LogP) is 3.84. The van der Waals surface area contributed by atoms with E-state index in [0.717, 1.165) is 54.4 Å². The Kier molecular flexibility index (Phi) is 6.77. The first-order chi connectivity index (χ1) is 9.41. The van der Waals surface area contributed by atoms with Gasteiger partial charge in [0.15, 0.2) is 0 Å². The van der Waals surface area contributed by atoms with E-state index in [2.05, 4.69) is 31.1 Å². The summed E-state index contributed by atoms with van der Waals surface area (Å²) in [6, 6.07) is 0. The summed E-state index contributed by atoms with van der Waals surface area (Å²) in [4.78, 5) is 4.50. The minimum absolute atomic E-state index is 0.261. The molecule has 0 bridgehead atoms. The Hall–Kier alpha value is -0.800. The van der Waals surface area contributed by atoms with Gasteiger partial charge in [-0.05, 0) is 32.1 Å². The van der Waals surface area contributed by atoms with Crippen LogP contribution in [0.2, 0.25) is 0 Å². The van der Waals surface area contributed by atoms with Crippen LogP contribution in [-0.2, 0) is 6.54 Å². The van der Waals surface area contributed by atoms with Crippen LogP contribution in [0.4, 0.5) is 0 Å². The number of pyridine rings is 1. The summed E-state index contributed by atoms with van der Waals surface area (Å²) in [5, 5.41) is 3.50. The zero-order valence-electron chi connectivity index (χ0n) is 13.3. The van der Waals surface area contributed by atoms with Crippen molar-refractivity contribution in [3.63, 3.8) is 0 Å². The molecule has 1 rings (SSSR count). The number of aryl methyl sites for hydroxylation is 1. The number of ether oxygens (including phenoxy) is 1. The van der Waals surface area contributed by atoms with Crippen molar-refractivity contribution in [2.75, 3.05) is 19.5 Å². The molecule has 0 spiro atoms. The summed E-state index contributed by atoms with van der Waals surface area (Å²) >= 11 is 5.76. The lowest BCUT2D eigenvalue weighted by Crippen LogP contribution is -2.29. The maximum absolute atomic E-state index is 5.76. The van der Waals surface area contributed by atoms with Crippen LogP contribution < -0.4 is 10.1 Å². The second kappa shape index (κ2) is 7.84. The van der Waals surface area contributed by atoms with Gasteiger partial charge in [0, 0.05) is 36.3 Å². The molecular formula is C16H27ClN2O. The highest BCUT2D eigenvalue weighted by Crippen LogP contribution is 2.25. The van der Waals surface area contributed by atoms with Crippen molar-refractivity contribution < 1.29 is 4.74 Å². The molecule has 1 N–H and O–H groups in total. The van der Waals surface area contributed by atoms with Crippen molar-refractivity contribution in [1.82, 2.24) is 10.3 Å². The number of hydrogen-bond donors (Lipinski definition) is 1. The number of methoxy groups -OCH3 is 1. The summed E-state index contributed by atoms with van der Waals surface area (Å²) < 4.78 is 5.43. The molecule has 0 radical (unpaired) electrons. The molecule has 0 saturated heterocycles. The standard InChI is InChI=1S/C16H27ClN2O/c1-12-9-19-14(13(2)15(12)20-5)10-18-11-16(3,4)7-6-8-17/h9,18H,6-8,10-11H2,1-5H3. The third-order valence-corrected chi connectivity index (χ3v) is 3.90. The third-order valence-electron chi connectivity index (χ3n) is 3.63. The maximum Gasteiger partial charge on any atom is 0.128 e. The molecule has 0 unspecified atom stereocenters. The first-order valence-corrected chi connectivity index (χ1v) is 7.70. The highest BCUT2D eigenvalue weighted by Gasteiger charge is 2.17. The number of alkyl halides is 1. The fourth-order valence-corrected chi connectivity index (χ4v) is 2.54. The van der Waals surface area contributed by atoms with E-state index >= 15 is 0 Å². The van der Waals surface area contributed by atoms with E-state index in [-0.39, 0.29) is 5.41 Å². The Morgan fingerprint density at radius 3 is 2.65 bits per heavy atom. The Bertz CT molecular complexity index is 433. The fourth-order valence-electron chi connectivity index (χ4n) is 2.40. The molecule has 0 saturated carbocycles. The lowest BCUT2D eigenvalue weighted by atomic mass is 9.88. The molecular weight excluding hydrogens is 272 g/mol. The smallest absolute Gasteiger partial charge is 0.128 e. The zero-order chi connectivity index (χ0) is 15.2. The Morgan fingerprint density at radius 2 is 2.05 bits per heavy atom. The Balaban J connectivity index is 2.58. The number of aromatic nitrogens is 1. The normalized spacial score (nSPS) is 11.7. The average Bonchev–Trinajstić information content (AvgIpc) is 2.40. The zero-order valence-corrected chi connectivity index (χ0v) is 14.1. The molecule has 0 aliphatic heterocycles. The van der Waals surface area contributed by atoms with Gasteiger partial charge in [-0.25, -0.2) is 0 Å². The predicted molar refractivity (Wildman–Crippen MR) is 85.7 cm³/mol. The quantitative estimate of drug-likeness (QED) is 0.740. The van der Waals surface area contributed by atoms with Crippen molar-refractivity contribution >= 4 is 11.6 Å². The van der Waals surface area contributed by atoms with E-state index < -0.39 is 0 Å². The van der Waals surface area contributed by atoms with E-state index in [0.29, 0.717) is 0 Å². The number of halogens is 1. The molecule has 1 aromatic heterocycles. The summed E-state index contributed by atoms with van der Waals surface area (Å²) in [6.07, 6.45) is 4.07. The fraction of sp³-hybridized carbons (Fsp3) is 0.688. The van der Waals surface area contributed by atoms with Crippen LogP contribution in [0.25, 0.3) is 0 Å². The molecule has 0 aliphatic carbocycles. The second-order valence-corrected chi connectivity index (χ2v) is 6.48. The highest BCUT2D eigenvalue weighted by atomic mass is 35.5. The molecule has 114 valence electrons. The van der Waals surface area contributed by atoms with Crippen LogP contribution in [-0.4, -0.2) is 24.5 Å². The molecule has 0 amide bonds. The maximum atomic E-state index is 5.76. The van der Waals surface area contributed by atoms with Crippen LogP contribution in [0.15, 0.2) is 6.20 Å². The number of nitrogens with zero attached hydrogens (tertiary/aromatic N) is 1. The molecule has 0 atom stereocenters. The molecule has 1 heterocycles. The van der Waals surface area contributed by atoms with Crippen LogP contribution >= 0.6 is 11.6 Å². The van der Waals surface area contributed by atoms with Crippen LogP contribution in [0.3, 0.4) is 0 Å². The molecule has 20 heavy (non-hydrogen) atoms. The molecule has 0 aromatic carbocycles. The number of hydrogen-bond acceptors (Lipinski definition) is 3. The highest BCUT2D eigenvalue weighted by molar-refractivity contribution is 6.17. The minimum atomic E-state index is 0.261. The van der Waals surface area contributed by atoms with Crippen molar-refractivity contribution in [3.05, 3.63) is 23.0 Å². The lowest BCUT2D eigenvalue weighted by Gasteiger charge is -2.25. The van der Waals surface area contributed by atoms with Crippen molar-refractivity contribution in [2.24, 2.45) is 5.41 Å². The Morgan fingerprint density at radius 1 is 1.35 bits per heavy atom. The molecule has 3 nitrogen and oxygen atoms in total. The first-order valence-electron chi connectivity index (χ1n) is 7.17. The topological polar surface area (TPSA) is 34.1 Å². The van der Waals surface area contributed by atoms with Crippen molar-refractivity contribution in [1.29, 1.82) is 0 Å². The molecule has 0 fully saturated rings. The third kappa shape index (κ3) is 4.95. The summed E-state index contributed by atoms with van der Waals surface area (Å²) in [5.41, 5.74) is 3.52. The van der Waals surface area contributed by atoms with Gasteiger partial charge in [-0.1, -0.05) is 13.8 Å². The van der Waals surface area contributed by atoms with Gasteiger partial charge >= 0.3 is 0 Å². The lowest BCUT2D eigenvalue weighted by molar-refractivity contribution is 0.310. The monoisotopic (exact) mass is 298 g/mol. The molecule has 0 aliphatic rings. The molecule has 4 heteroatoms. The summed E-state index contributed by atoms with van der Waals surface area (Å²) in [7, 11) is 1.71. The number of nitrogens with one attached hydrogen (secondary N) is 1. The van der Waals surface area contributed by atoms with E-state index in [1.54, 1.807) is 7.11 Å². The van der Waals surface area contributed by atoms with Gasteiger partial charge in [-0.2, -0.15) is 0 Å². The SMILES string of the molecule is COc1c(C)cnc(CNCC(C)(C)CCCCl)c1C. The van der Waals surface area contributed by atoms with Gasteiger partial charge in [0.1, 0.15) is 5.75 Å². The minimum Gasteiger partial charge on any atom is -0.496 e. The average molecular weight is 299 g/mol. The van der Waals surface area contributed by atoms with E-state index in [9.17, 15) is 0 Å². The van der Waals surface area contributed by atoms with Gasteiger partial charge in [0.05, 0.1) is 12.8 Å². The van der Waals surface area contributed by atoms with Gasteiger partial charge in [0.2, 0.25) is 0 Å². The van der Waals surface area contributed by atoms with Gasteiger partial charge in [-0.15, -0.1) is 11.6 Å². The van der Waals surface area contributed by atoms with Crippen molar-refractivity contribution in [3.8, 4) is 5.75 Å². The Labute approximate surface area is 128 Å². The van der Waals surface area contributed by atoms with Crippen LogP contribution in [0.5, 0.6) is 5.75 Å². The van der Waals surface area contributed by atoms with Gasteiger partial charge in [0.25, 0.3) is 0 Å². The van der Waals surface area contributed by atoms with E-state index in [1.807, 2.05) is 13.1 Å². The summed E-state index contributed by atoms with van der Waals surface area (Å²) in [6.45, 7) is 10.3. The summed E-state index contributed by atoms with van der Waals surface area (Å²) in [5.74, 6) is 1.68. The second-order valence-electron chi connectivity index (χ2n) is 6.11. The van der Waals surface area contributed by atoms with E-state index in [1.165, 1.54) is 0 Å². The van der Waals surface area contributed by atoms with E-state index in [4.69, 9.17) is 16.3 Å². The van der Waals surface area contributed by atoms with Gasteiger partial charge < -0.3 is 10.1 Å². The number of rotatable bonds is 8. The van der Waals surface area contributed by atoms with Crippen molar-refractivity contribution in [2.45, 2.75) is 47.1 Å². The van der Waals surface area contributed by atoms with Crippen LogP contribution in [0.1, 0.15) is 43.5 Å². The largest absolute Gasteiger partial charge is 0.496 e. The molecule has 1 aromatic rings. The van der Waals surface area contributed by atoms with Crippen LogP contribution in [0, 0.1) is 19.3 Å². The van der Waals surface area contributed by atoms with Gasteiger partial charge in [-0.3, -0.25) is 4.98 Å². The first kappa shape index (κ1) is 17.3.